The number of aryl methyl sites for hydroxylation is 1. The summed E-state index contributed by atoms with van der Waals surface area (Å²) in [6.45, 7) is 0. The molecule has 1 aromatic rings. The summed E-state index contributed by atoms with van der Waals surface area (Å²) in [5.74, 6) is -0.937. The Balaban J connectivity index is 2.43. The molecule has 1 fully saturated rings. The maximum Gasteiger partial charge on any atom is 0.310 e. The highest BCUT2D eigenvalue weighted by atomic mass is 16.6. The Hall–Kier alpha value is -1.92. The lowest BCUT2D eigenvalue weighted by Crippen LogP contribution is -2.18. The van der Waals surface area contributed by atoms with Gasteiger partial charge in [-0.25, -0.2) is 0 Å². The SMILES string of the molecule is Cn1ncc([N+](=O)[O-])c1C1(CC(=O)O)CC1. The molecule has 0 spiro atoms. The van der Waals surface area contributed by atoms with E-state index in [4.69, 9.17) is 5.11 Å². The van der Waals surface area contributed by atoms with Gasteiger partial charge in [-0.1, -0.05) is 0 Å². The van der Waals surface area contributed by atoms with E-state index in [1.807, 2.05) is 0 Å². The Labute approximate surface area is 90.8 Å². The summed E-state index contributed by atoms with van der Waals surface area (Å²) in [5.41, 5.74) is -0.236. The molecule has 1 saturated carbocycles. The molecular formula is C9H11N3O4. The normalized spacial score (nSPS) is 17.1. The van der Waals surface area contributed by atoms with Gasteiger partial charge in [0.2, 0.25) is 0 Å². The van der Waals surface area contributed by atoms with Crippen LogP contribution in [0.4, 0.5) is 5.69 Å². The number of nitrogens with zero attached hydrogens (tertiary/aromatic N) is 3. The van der Waals surface area contributed by atoms with Gasteiger partial charge in [0.25, 0.3) is 0 Å². The van der Waals surface area contributed by atoms with Gasteiger partial charge in [0.05, 0.1) is 11.3 Å². The molecule has 0 amide bonds. The van der Waals surface area contributed by atoms with Gasteiger partial charge in [0.15, 0.2) is 0 Å². The highest BCUT2D eigenvalue weighted by Gasteiger charge is 2.52. The predicted molar refractivity (Wildman–Crippen MR) is 53.0 cm³/mol. The minimum Gasteiger partial charge on any atom is -0.481 e. The van der Waals surface area contributed by atoms with E-state index in [0.717, 1.165) is 0 Å². The van der Waals surface area contributed by atoms with Crippen molar-refractivity contribution in [1.29, 1.82) is 0 Å². The molecule has 1 heterocycles. The third kappa shape index (κ3) is 1.54. The zero-order valence-electron chi connectivity index (χ0n) is 8.71. The molecule has 0 bridgehead atoms. The van der Waals surface area contributed by atoms with Gasteiger partial charge in [0.1, 0.15) is 11.9 Å². The fourth-order valence-corrected chi connectivity index (χ4v) is 2.11. The first-order chi connectivity index (χ1) is 7.46. The fourth-order valence-electron chi connectivity index (χ4n) is 2.11. The number of rotatable bonds is 4. The lowest BCUT2D eigenvalue weighted by atomic mass is 9.97. The lowest BCUT2D eigenvalue weighted by Gasteiger charge is -2.11. The molecule has 7 nitrogen and oxygen atoms in total. The van der Waals surface area contributed by atoms with Crippen LogP contribution in [0, 0.1) is 10.1 Å². The molecule has 0 unspecified atom stereocenters. The summed E-state index contributed by atoms with van der Waals surface area (Å²) < 4.78 is 1.41. The standard InChI is InChI=1S/C9H11N3O4/c1-11-8(6(5-10-11)12(15)16)9(2-3-9)4-7(13)14/h5H,2-4H2,1H3,(H,13,14). The average Bonchev–Trinajstić information content (AvgIpc) is 2.79. The molecule has 16 heavy (non-hydrogen) atoms. The molecule has 0 saturated heterocycles. The minimum absolute atomic E-state index is 0.0760. The van der Waals surface area contributed by atoms with E-state index in [1.54, 1.807) is 7.05 Å². The zero-order valence-corrected chi connectivity index (χ0v) is 8.71. The molecule has 0 aliphatic heterocycles. The highest BCUT2D eigenvalue weighted by Crippen LogP contribution is 2.53. The number of hydrogen-bond donors (Lipinski definition) is 1. The van der Waals surface area contributed by atoms with Crippen LogP contribution < -0.4 is 0 Å². The predicted octanol–water partition coefficient (Wildman–Crippen LogP) is 0.835. The quantitative estimate of drug-likeness (QED) is 0.604. The summed E-state index contributed by atoms with van der Waals surface area (Å²) in [4.78, 5) is 21.0. The topological polar surface area (TPSA) is 98.3 Å². The van der Waals surface area contributed by atoms with E-state index in [9.17, 15) is 14.9 Å². The van der Waals surface area contributed by atoms with Gasteiger partial charge < -0.3 is 5.11 Å². The number of nitro groups is 1. The molecule has 1 aromatic heterocycles. The van der Waals surface area contributed by atoms with Crippen LogP contribution in [0.1, 0.15) is 25.0 Å². The van der Waals surface area contributed by atoms with Gasteiger partial charge in [-0.2, -0.15) is 5.10 Å². The third-order valence-corrected chi connectivity index (χ3v) is 2.96. The maximum atomic E-state index is 10.8. The van der Waals surface area contributed by atoms with E-state index < -0.39 is 16.3 Å². The van der Waals surface area contributed by atoms with Crippen LogP contribution in [0.15, 0.2) is 6.20 Å². The van der Waals surface area contributed by atoms with Crippen LogP contribution in [0.5, 0.6) is 0 Å². The second kappa shape index (κ2) is 3.29. The number of aliphatic carboxylic acids is 1. The monoisotopic (exact) mass is 225 g/mol. The Morgan fingerprint density at radius 1 is 1.75 bits per heavy atom. The molecule has 0 aromatic carbocycles. The fraction of sp³-hybridized carbons (Fsp3) is 0.556. The number of carboxylic acids is 1. The van der Waals surface area contributed by atoms with Gasteiger partial charge in [0, 0.05) is 12.5 Å². The van der Waals surface area contributed by atoms with Crippen LogP contribution in [0.3, 0.4) is 0 Å². The number of carbonyl (C=O) groups is 1. The van der Waals surface area contributed by atoms with E-state index in [2.05, 4.69) is 5.10 Å². The first-order valence-corrected chi connectivity index (χ1v) is 4.85. The second-order valence-corrected chi connectivity index (χ2v) is 4.11. The van der Waals surface area contributed by atoms with Crippen molar-refractivity contribution in [2.75, 3.05) is 0 Å². The Kier molecular flexibility index (Phi) is 2.18. The van der Waals surface area contributed by atoms with Crippen LogP contribution >= 0.6 is 0 Å². The van der Waals surface area contributed by atoms with Gasteiger partial charge in [-0.15, -0.1) is 0 Å². The molecule has 1 aliphatic rings. The highest BCUT2D eigenvalue weighted by molar-refractivity contribution is 5.70. The van der Waals surface area contributed by atoms with Crippen molar-refractivity contribution in [3.8, 4) is 0 Å². The molecule has 1 aliphatic carbocycles. The molecular weight excluding hydrogens is 214 g/mol. The van der Waals surface area contributed by atoms with Crippen molar-refractivity contribution in [1.82, 2.24) is 9.78 Å². The number of carboxylic acid groups (broad SMARTS) is 1. The minimum atomic E-state index is -0.937. The first kappa shape index (κ1) is 10.6. The van der Waals surface area contributed by atoms with Gasteiger partial charge in [-0.3, -0.25) is 19.6 Å². The second-order valence-electron chi connectivity index (χ2n) is 4.11. The van der Waals surface area contributed by atoms with Crippen molar-refractivity contribution < 1.29 is 14.8 Å². The van der Waals surface area contributed by atoms with Crippen molar-refractivity contribution in [2.45, 2.75) is 24.7 Å². The van der Waals surface area contributed by atoms with E-state index in [-0.39, 0.29) is 12.1 Å². The Morgan fingerprint density at radius 2 is 2.38 bits per heavy atom. The molecule has 7 heteroatoms. The smallest absolute Gasteiger partial charge is 0.310 e. The van der Waals surface area contributed by atoms with E-state index >= 15 is 0 Å². The van der Waals surface area contributed by atoms with Crippen LogP contribution in [-0.4, -0.2) is 25.8 Å². The zero-order chi connectivity index (χ0) is 11.9. The lowest BCUT2D eigenvalue weighted by molar-refractivity contribution is -0.385. The number of aromatic nitrogens is 2. The van der Waals surface area contributed by atoms with Crippen molar-refractivity contribution >= 4 is 11.7 Å². The number of hydrogen-bond acceptors (Lipinski definition) is 4. The molecule has 0 atom stereocenters. The summed E-state index contributed by atoms with van der Waals surface area (Å²) in [6.07, 6.45) is 2.43. The van der Waals surface area contributed by atoms with Gasteiger partial charge in [-0.05, 0) is 12.8 Å². The van der Waals surface area contributed by atoms with E-state index in [1.165, 1.54) is 10.9 Å². The largest absolute Gasteiger partial charge is 0.481 e. The molecule has 1 N–H and O–H groups in total. The summed E-state index contributed by atoms with van der Waals surface area (Å²) in [5, 5.41) is 23.4. The molecule has 0 radical (unpaired) electrons. The van der Waals surface area contributed by atoms with Gasteiger partial charge >= 0.3 is 11.7 Å². The first-order valence-electron chi connectivity index (χ1n) is 4.85. The van der Waals surface area contributed by atoms with Crippen LogP contribution in [0.2, 0.25) is 0 Å². The third-order valence-electron chi connectivity index (χ3n) is 2.96. The Morgan fingerprint density at radius 3 is 2.81 bits per heavy atom. The molecule has 2 rings (SSSR count). The molecule has 86 valence electrons. The van der Waals surface area contributed by atoms with Crippen molar-refractivity contribution in [3.63, 3.8) is 0 Å². The van der Waals surface area contributed by atoms with Crippen molar-refractivity contribution in [2.24, 2.45) is 7.05 Å². The van der Waals surface area contributed by atoms with Crippen LogP contribution in [0.25, 0.3) is 0 Å². The maximum absolute atomic E-state index is 10.8. The average molecular weight is 225 g/mol. The van der Waals surface area contributed by atoms with Crippen molar-refractivity contribution in [3.05, 3.63) is 22.0 Å². The summed E-state index contributed by atoms with van der Waals surface area (Å²) in [6, 6.07) is 0. The Bertz CT molecular complexity index is 461. The summed E-state index contributed by atoms with van der Waals surface area (Å²) >= 11 is 0. The van der Waals surface area contributed by atoms with E-state index in [0.29, 0.717) is 18.5 Å². The van der Waals surface area contributed by atoms with Crippen LogP contribution in [-0.2, 0) is 17.3 Å². The summed E-state index contributed by atoms with van der Waals surface area (Å²) in [7, 11) is 1.60.